The van der Waals surface area contributed by atoms with Crippen LogP contribution in [0.15, 0.2) is 17.0 Å². The van der Waals surface area contributed by atoms with E-state index in [9.17, 15) is 4.79 Å². The Labute approximate surface area is 129 Å². The third kappa shape index (κ3) is 4.46. The van der Waals surface area contributed by atoms with Crippen molar-refractivity contribution in [2.75, 3.05) is 31.3 Å². The summed E-state index contributed by atoms with van der Waals surface area (Å²) in [6, 6.07) is 3.54. The van der Waals surface area contributed by atoms with Crippen LogP contribution in [-0.4, -0.2) is 32.0 Å². The Morgan fingerprint density at radius 3 is 2.57 bits per heavy atom. The quantitative estimate of drug-likeness (QED) is 0.819. The number of carbonyl (C=O) groups excluding carboxylic acids is 1. The number of urea groups is 1. The second-order valence-electron chi connectivity index (χ2n) is 5.26. The first-order valence-corrected chi connectivity index (χ1v) is 8.35. The summed E-state index contributed by atoms with van der Waals surface area (Å²) in [5.74, 6) is 1.98. The van der Waals surface area contributed by atoms with Crippen molar-refractivity contribution in [3.8, 4) is 11.5 Å². The van der Waals surface area contributed by atoms with E-state index < -0.39 is 0 Å². The maximum absolute atomic E-state index is 11.9. The van der Waals surface area contributed by atoms with Crippen LogP contribution < -0.4 is 20.1 Å². The number of nitrogens with one attached hydrogen (secondary N) is 2. The van der Waals surface area contributed by atoms with E-state index in [1.165, 1.54) is 0 Å². The smallest absolute Gasteiger partial charge is 0.319 e. The SMILES string of the molecule is CSc1cc2c(cc1NC(=O)NCCC(C)C)OCCO2. The average Bonchev–Trinajstić information content (AvgIpc) is 2.46. The van der Waals surface area contributed by atoms with Gasteiger partial charge < -0.3 is 20.1 Å². The van der Waals surface area contributed by atoms with Crippen molar-refractivity contribution in [3.05, 3.63) is 12.1 Å². The van der Waals surface area contributed by atoms with Gasteiger partial charge in [0.15, 0.2) is 11.5 Å². The molecule has 0 aliphatic carbocycles. The molecule has 5 nitrogen and oxygen atoms in total. The largest absolute Gasteiger partial charge is 0.486 e. The van der Waals surface area contributed by atoms with Crippen molar-refractivity contribution in [2.24, 2.45) is 5.92 Å². The number of ether oxygens (including phenoxy) is 2. The minimum Gasteiger partial charge on any atom is -0.486 e. The number of fused-ring (bicyclic) bond motifs is 1. The van der Waals surface area contributed by atoms with Gasteiger partial charge >= 0.3 is 6.03 Å². The van der Waals surface area contributed by atoms with Crippen LogP contribution in [0.2, 0.25) is 0 Å². The summed E-state index contributed by atoms with van der Waals surface area (Å²) < 4.78 is 11.1. The summed E-state index contributed by atoms with van der Waals surface area (Å²) in [7, 11) is 0. The molecule has 0 fully saturated rings. The van der Waals surface area contributed by atoms with Crippen LogP contribution in [0.5, 0.6) is 11.5 Å². The molecule has 1 aliphatic rings. The minimum absolute atomic E-state index is 0.192. The molecule has 0 spiro atoms. The molecule has 0 saturated heterocycles. The third-order valence-electron chi connectivity index (χ3n) is 3.12. The first-order valence-electron chi connectivity index (χ1n) is 7.12. The summed E-state index contributed by atoms with van der Waals surface area (Å²) in [5, 5.41) is 5.74. The molecule has 0 radical (unpaired) electrons. The normalized spacial score (nSPS) is 13.1. The topological polar surface area (TPSA) is 59.6 Å². The zero-order chi connectivity index (χ0) is 15.2. The molecule has 0 bridgehead atoms. The predicted molar refractivity (Wildman–Crippen MR) is 85.7 cm³/mol. The highest BCUT2D eigenvalue weighted by Gasteiger charge is 2.16. The summed E-state index contributed by atoms with van der Waals surface area (Å²) in [6.45, 7) is 6.02. The molecule has 6 heteroatoms. The predicted octanol–water partition coefficient (Wildman–Crippen LogP) is 3.35. The molecule has 116 valence electrons. The number of rotatable bonds is 5. The Hall–Kier alpha value is -1.56. The molecule has 21 heavy (non-hydrogen) atoms. The monoisotopic (exact) mass is 310 g/mol. The van der Waals surface area contributed by atoms with Crippen molar-refractivity contribution < 1.29 is 14.3 Å². The second kappa shape index (κ2) is 7.45. The van der Waals surface area contributed by atoms with Crippen molar-refractivity contribution in [1.82, 2.24) is 5.32 Å². The van der Waals surface area contributed by atoms with E-state index >= 15 is 0 Å². The van der Waals surface area contributed by atoms with Gasteiger partial charge in [0.25, 0.3) is 0 Å². The van der Waals surface area contributed by atoms with Gasteiger partial charge in [0, 0.05) is 17.5 Å². The Kier molecular flexibility index (Phi) is 5.61. The fourth-order valence-electron chi connectivity index (χ4n) is 1.98. The van der Waals surface area contributed by atoms with Crippen LogP contribution >= 0.6 is 11.8 Å². The number of hydrogen-bond acceptors (Lipinski definition) is 4. The molecule has 1 heterocycles. The Morgan fingerprint density at radius 2 is 1.95 bits per heavy atom. The van der Waals surface area contributed by atoms with Crippen LogP contribution in [0.3, 0.4) is 0 Å². The number of amides is 2. The zero-order valence-corrected chi connectivity index (χ0v) is 13.5. The molecule has 0 atom stereocenters. The highest BCUT2D eigenvalue weighted by Crippen LogP contribution is 2.39. The summed E-state index contributed by atoms with van der Waals surface area (Å²) in [4.78, 5) is 12.9. The first kappa shape index (κ1) is 15.8. The lowest BCUT2D eigenvalue weighted by molar-refractivity contribution is 0.171. The Bertz CT molecular complexity index is 506. The van der Waals surface area contributed by atoms with Gasteiger partial charge in [0.2, 0.25) is 0 Å². The first-order chi connectivity index (χ1) is 10.1. The molecular weight excluding hydrogens is 288 g/mol. The van der Waals surface area contributed by atoms with E-state index in [0.29, 0.717) is 31.4 Å². The van der Waals surface area contributed by atoms with E-state index in [2.05, 4.69) is 24.5 Å². The van der Waals surface area contributed by atoms with Gasteiger partial charge in [-0.3, -0.25) is 0 Å². The van der Waals surface area contributed by atoms with Gasteiger partial charge in [-0.05, 0) is 24.7 Å². The van der Waals surface area contributed by atoms with Gasteiger partial charge in [-0.15, -0.1) is 11.8 Å². The van der Waals surface area contributed by atoms with E-state index in [1.54, 1.807) is 11.8 Å². The summed E-state index contributed by atoms with van der Waals surface area (Å²) >= 11 is 1.56. The van der Waals surface area contributed by atoms with Gasteiger partial charge in [-0.25, -0.2) is 4.79 Å². The minimum atomic E-state index is -0.192. The molecule has 0 unspecified atom stereocenters. The van der Waals surface area contributed by atoms with Crippen molar-refractivity contribution in [3.63, 3.8) is 0 Å². The molecule has 0 saturated carbocycles. The fraction of sp³-hybridized carbons (Fsp3) is 0.533. The van der Waals surface area contributed by atoms with Crippen molar-refractivity contribution in [2.45, 2.75) is 25.2 Å². The van der Waals surface area contributed by atoms with Crippen LogP contribution in [-0.2, 0) is 0 Å². The summed E-state index contributed by atoms with van der Waals surface area (Å²) in [6.07, 6.45) is 2.93. The lowest BCUT2D eigenvalue weighted by atomic mass is 10.1. The van der Waals surface area contributed by atoms with Gasteiger partial charge in [-0.2, -0.15) is 0 Å². The molecule has 2 N–H and O–H groups in total. The maximum atomic E-state index is 11.9. The zero-order valence-electron chi connectivity index (χ0n) is 12.7. The lowest BCUT2D eigenvalue weighted by Crippen LogP contribution is -2.30. The molecule has 1 aromatic rings. The molecule has 1 aromatic carbocycles. The molecule has 1 aliphatic heterocycles. The van der Waals surface area contributed by atoms with Crippen LogP contribution in [0, 0.1) is 5.92 Å². The van der Waals surface area contributed by atoms with Gasteiger partial charge in [0.1, 0.15) is 13.2 Å². The van der Waals surface area contributed by atoms with Gasteiger partial charge in [-0.1, -0.05) is 13.8 Å². The number of benzene rings is 1. The van der Waals surface area contributed by atoms with Crippen LogP contribution in [0.4, 0.5) is 10.5 Å². The number of thioether (sulfide) groups is 1. The van der Waals surface area contributed by atoms with Gasteiger partial charge in [0.05, 0.1) is 5.69 Å². The fourth-order valence-corrected chi connectivity index (χ4v) is 2.53. The Morgan fingerprint density at radius 1 is 1.29 bits per heavy atom. The molecule has 0 aromatic heterocycles. The average molecular weight is 310 g/mol. The Balaban J connectivity index is 2.03. The van der Waals surface area contributed by atoms with Crippen LogP contribution in [0.1, 0.15) is 20.3 Å². The van der Waals surface area contributed by atoms with E-state index in [4.69, 9.17) is 9.47 Å². The van der Waals surface area contributed by atoms with E-state index in [0.717, 1.165) is 22.8 Å². The lowest BCUT2D eigenvalue weighted by Gasteiger charge is -2.21. The third-order valence-corrected chi connectivity index (χ3v) is 3.90. The van der Waals surface area contributed by atoms with Crippen molar-refractivity contribution in [1.29, 1.82) is 0 Å². The van der Waals surface area contributed by atoms with E-state index in [1.807, 2.05) is 18.4 Å². The number of carbonyl (C=O) groups is 1. The highest BCUT2D eigenvalue weighted by atomic mass is 32.2. The molecular formula is C15H22N2O3S. The van der Waals surface area contributed by atoms with E-state index in [-0.39, 0.29) is 6.03 Å². The number of hydrogen-bond donors (Lipinski definition) is 2. The maximum Gasteiger partial charge on any atom is 0.319 e. The summed E-state index contributed by atoms with van der Waals surface area (Å²) in [5.41, 5.74) is 0.744. The molecule has 2 amide bonds. The van der Waals surface area contributed by atoms with Crippen LogP contribution in [0.25, 0.3) is 0 Å². The second-order valence-corrected chi connectivity index (χ2v) is 6.11. The van der Waals surface area contributed by atoms with Crippen molar-refractivity contribution >= 4 is 23.5 Å². The standard InChI is InChI=1S/C15H22N2O3S/c1-10(2)4-5-16-15(18)17-11-8-12-13(9-14(11)21-3)20-7-6-19-12/h8-10H,4-7H2,1-3H3,(H2,16,17,18). The molecule has 2 rings (SSSR count). The number of anilines is 1. The highest BCUT2D eigenvalue weighted by molar-refractivity contribution is 7.98.